The van der Waals surface area contributed by atoms with E-state index in [0.717, 1.165) is 6.07 Å². The largest absolute Gasteiger partial charge is 0.508 e. The van der Waals surface area contributed by atoms with Crippen LogP contribution in [0.1, 0.15) is 17.2 Å². The molecule has 0 saturated carbocycles. The van der Waals surface area contributed by atoms with Crippen molar-refractivity contribution in [3.8, 4) is 28.7 Å². The Morgan fingerprint density at radius 2 is 1.63 bits per heavy atom. The van der Waals surface area contributed by atoms with Crippen LogP contribution < -0.4 is 4.74 Å². The maximum Gasteiger partial charge on any atom is 0.186 e. The fraction of sp³-hybridized carbons (Fsp3) is 0.400. The van der Waals surface area contributed by atoms with Crippen molar-refractivity contribution in [3.05, 3.63) is 41.5 Å². The number of benzene rings is 2. The van der Waals surface area contributed by atoms with Crippen LogP contribution in [-0.4, -0.2) is 73.1 Å². The summed E-state index contributed by atoms with van der Waals surface area (Å²) < 4.78 is 17.1. The van der Waals surface area contributed by atoms with Gasteiger partial charge in [-0.05, 0) is 17.7 Å². The molecule has 2 aliphatic heterocycles. The Bertz CT molecular complexity index is 932. The minimum absolute atomic E-state index is 0.0823. The van der Waals surface area contributed by atoms with Crippen molar-refractivity contribution in [1.82, 2.24) is 0 Å². The van der Waals surface area contributed by atoms with Gasteiger partial charge in [0.2, 0.25) is 0 Å². The molecule has 2 aromatic carbocycles. The lowest BCUT2D eigenvalue weighted by Crippen LogP contribution is -2.55. The van der Waals surface area contributed by atoms with E-state index in [1.54, 1.807) is 0 Å². The monoisotopic (exact) mass is 422 g/mol. The third-order valence-electron chi connectivity index (χ3n) is 5.26. The smallest absolute Gasteiger partial charge is 0.186 e. The van der Waals surface area contributed by atoms with Crippen molar-refractivity contribution in [2.45, 2.75) is 43.2 Å². The van der Waals surface area contributed by atoms with Crippen LogP contribution in [0.25, 0.3) is 0 Å². The highest BCUT2D eigenvalue weighted by Gasteiger charge is 2.43. The predicted molar refractivity (Wildman–Crippen MR) is 99.2 cm³/mol. The Kier molecular flexibility index (Phi) is 5.35. The van der Waals surface area contributed by atoms with Gasteiger partial charge in [-0.1, -0.05) is 6.07 Å². The molecule has 7 N–H and O–H groups in total. The van der Waals surface area contributed by atoms with Crippen molar-refractivity contribution in [1.29, 1.82) is 0 Å². The van der Waals surface area contributed by atoms with Gasteiger partial charge in [-0.15, -0.1) is 0 Å². The third kappa shape index (κ3) is 3.71. The van der Waals surface area contributed by atoms with Crippen molar-refractivity contribution >= 4 is 0 Å². The fourth-order valence-electron chi connectivity index (χ4n) is 3.64. The number of aliphatic hydroxyl groups excluding tert-OH is 3. The molecule has 0 radical (unpaired) electrons. The SMILES string of the molecule is Oc1cc(O)c2c(c1)O[C@H](c1ccc(O)c(O)c1)[C@H](OC1OC[C@@H](O)[C@H](O)[C@H]1O)C2. The van der Waals surface area contributed by atoms with Crippen molar-refractivity contribution in [2.24, 2.45) is 0 Å². The average Bonchev–Trinajstić information content (AvgIpc) is 2.70. The molecule has 0 spiro atoms. The number of hydrogen-bond acceptors (Lipinski definition) is 10. The van der Waals surface area contributed by atoms with Crippen molar-refractivity contribution < 1.29 is 50.0 Å². The van der Waals surface area contributed by atoms with E-state index in [1.807, 2.05) is 0 Å². The topological polar surface area (TPSA) is 169 Å². The van der Waals surface area contributed by atoms with Gasteiger partial charge in [0.1, 0.15) is 41.7 Å². The standard InChI is InChI=1S/C20H22O10/c21-9-4-12(23)10-6-16(30-20-18(27)17(26)14(25)7-28-20)19(29-15(10)5-9)8-1-2-11(22)13(24)3-8/h1-5,14,16-27H,6-7H2/t14-,16-,17+,18-,19-,20?/m1/s1. The summed E-state index contributed by atoms with van der Waals surface area (Å²) in [7, 11) is 0. The fourth-order valence-corrected chi connectivity index (χ4v) is 3.64. The molecular formula is C20H22O10. The Balaban J connectivity index is 1.68. The van der Waals surface area contributed by atoms with E-state index in [9.17, 15) is 35.7 Å². The highest BCUT2D eigenvalue weighted by Crippen LogP contribution is 2.44. The maximum atomic E-state index is 10.2. The van der Waals surface area contributed by atoms with E-state index < -0.39 is 36.8 Å². The zero-order chi connectivity index (χ0) is 21.6. The first-order chi connectivity index (χ1) is 14.2. The second-order valence-corrected chi connectivity index (χ2v) is 7.36. The molecule has 0 amide bonds. The second kappa shape index (κ2) is 7.82. The van der Waals surface area contributed by atoms with Gasteiger partial charge < -0.3 is 50.0 Å². The van der Waals surface area contributed by atoms with Crippen LogP contribution in [0.2, 0.25) is 0 Å². The molecule has 30 heavy (non-hydrogen) atoms. The molecule has 162 valence electrons. The van der Waals surface area contributed by atoms with Crippen LogP contribution >= 0.6 is 0 Å². The number of phenols is 4. The molecule has 4 rings (SSSR count). The molecule has 10 heteroatoms. The summed E-state index contributed by atoms with van der Waals surface area (Å²) in [6.07, 6.45) is -7.21. The number of fused-ring (bicyclic) bond motifs is 1. The van der Waals surface area contributed by atoms with Crippen LogP contribution in [0.5, 0.6) is 28.7 Å². The Hall–Kier alpha value is -2.76. The van der Waals surface area contributed by atoms with E-state index in [0.29, 0.717) is 11.1 Å². The highest BCUT2D eigenvalue weighted by atomic mass is 16.7. The molecule has 0 aromatic heterocycles. The lowest BCUT2D eigenvalue weighted by Gasteiger charge is -2.40. The van der Waals surface area contributed by atoms with E-state index in [4.69, 9.17) is 14.2 Å². The first kappa shape index (κ1) is 20.5. The van der Waals surface area contributed by atoms with E-state index >= 15 is 0 Å². The van der Waals surface area contributed by atoms with Gasteiger partial charge >= 0.3 is 0 Å². The van der Waals surface area contributed by atoms with Crippen LogP contribution in [0.15, 0.2) is 30.3 Å². The normalized spacial score (nSPS) is 31.0. The Morgan fingerprint density at radius 3 is 2.37 bits per heavy atom. The maximum absolute atomic E-state index is 10.2. The molecule has 2 heterocycles. The van der Waals surface area contributed by atoms with Crippen molar-refractivity contribution in [3.63, 3.8) is 0 Å². The van der Waals surface area contributed by atoms with E-state index in [1.165, 1.54) is 24.3 Å². The molecular weight excluding hydrogens is 400 g/mol. The number of aliphatic hydroxyl groups is 3. The van der Waals surface area contributed by atoms with Gasteiger partial charge in [-0.2, -0.15) is 0 Å². The zero-order valence-electron chi connectivity index (χ0n) is 15.6. The number of aromatic hydroxyl groups is 4. The summed E-state index contributed by atoms with van der Waals surface area (Å²) >= 11 is 0. The molecule has 1 unspecified atom stereocenters. The molecule has 2 aliphatic rings. The Labute approximate surface area is 170 Å². The summed E-state index contributed by atoms with van der Waals surface area (Å²) in [5.74, 6) is -0.935. The highest BCUT2D eigenvalue weighted by molar-refractivity contribution is 5.52. The minimum atomic E-state index is -1.53. The van der Waals surface area contributed by atoms with Gasteiger partial charge in [0.05, 0.1) is 6.61 Å². The van der Waals surface area contributed by atoms with E-state index in [-0.39, 0.29) is 41.8 Å². The predicted octanol–water partition coefficient (Wildman–Crippen LogP) is 0.00940. The number of hydrogen-bond donors (Lipinski definition) is 7. The summed E-state index contributed by atoms with van der Waals surface area (Å²) in [5.41, 5.74) is 0.762. The van der Waals surface area contributed by atoms with Crippen LogP contribution in [0, 0.1) is 0 Å². The van der Waals surface area contributed by atoms with Crippen LogP contribution in [-0.2, 0) is 15.9 Å². The number of phenolic OH excluding ortho intramolecular Hbond substituents is 4. The molecule has 10 nitrogen and oxygen atoms in total. The van der Waals surface area contributed by atoms with Gasteiger partial charge in [0.25, 0.3) is 0 Å². The summed E-state index contributed by atoms with van der Waals surface area (Å²) in [4.78, 5) is 0. The zero-order valence-corrected chi connectivity index (χ0v) is 15.6. The average molecular weight is 422 g/mol. The second-order valence-electron chi connectivity index (χ2n) is 7.36. The van der Waals surface area contributed by atoms with Crippen molar-refractivity contribution in [2.75, 3.05) is 6.61 Å². The molecule has 0 aliphatic carbocycles. The van der Waals surface area contributed by atoms with Crippen LogP contribution in [0.3, 0.4) is 0 Å². The first-order valence-electron chi connectivity index (χ1n) is 9.29. The van der Waals surface area contributed by atoms with Gasteiger partial charge in [-0.3, -0.25) is 0 Å². The van der Waals surface area contributed by atoms with Crippen LogP contribution in [0.4, 0.5) is 0 Å². The molecule has 6 atom stereocenters. The summed E-state index contributed by atoms with van der Waals surface area (Å²) in [6, 6.07) is 6.52. The number of ether oxygens (including phenoxy) is 3. The summed E-state index contributed by atoms with van der Waals surface area (Å²) in [6.45, 7) is -0.253. The molecule has 0 bridgehead atoms. The lowest BCUT2D eigenvalue weighted by molar-refractivity contribution is -0.290. The van der Waals surface area contributed by atoms with Gasteiger partial charge in [0.15, 0.2) is 23.9 Å². The van der Waals surface area contributed by atoms with E-state index in [2.05, 4.69) is 0 Å². The van der Waals surface area contributed by atoms with Gasteiger partial charge in [-0.25, -0.2) is 0 Å². The minimum Gasteiger partial charge on any atom is -0.508 e. The Morgan fingerprint density at radius 1 is 0.867 bits per heavy atom. The first-order valence-corrected chi connectivity index (χ1v) is 9.29. The summed E-state index contributed by atoms with van der Waals surface area (Å²) in [5, 5.41) is 69.2. The lowest BCUT2D eigenvalue weighted by atomic mass is 9.93. The third-order valence-corrected chi connectivity index (χ3v) is 5.26. The van der Waals surface area contributed by atoms with Gasteiger partial charge in [0, 0.05) is 24.1 Å². The quantitative estimate of drug-likeness (QED) is 0.334. The molecule has 1 fully saturated rings. The molecule has 2 aromatic rings. The molecule has 1 saturated heterocycles. The number of rotatable bonds is 3.